The first-order valence-electron chi connectivity index (χ1n) is 12.0. The first kappa shape index (κ1) is 29.4. The summed E-state index contributed by atoms with van der Waals surface area (Å²) in [5.74, 6) is 0. The molecule has 0 amide bonds. The first-order chi connectivity index (χ1) is 12.6. The second kappa shape index (κ2) is 22.5. The molecule has 0 atom stereocenters. The Morgan fingerprint density at radius 2 is 0.889 bits per heavy atom. The average molecular weight is 406 g/mol. The van der Waals surface area contributed by atoms with Crippen molar-refractivity contribution in [1.29, 1.82) is 0 Å². The maximum absolute atomic E-state index is 5.84. The van der Waals surface area contributed by atoms with E-state index in [2.05, 4.69) is 27.9 Å². The number of hydrogen-bond donors (Lipinski definition) is 0. The van der Waals surface area contributed by atoms with Crippen molar-refractivity contribution >= 4 is 0 Å². The highest BCUT2D eigenvalue weighted by Crippen LogP contribution is 2.13. The van der Waals surface area contributed by atoms with Gasteiger partial charge in [0.2, 0.25) is 0 Å². The zero-order valence-corrected chi connectivity index (χ0v) is 20.1. The van der Waals surface area contributed by atoms with E-state index < -0.39 is 0 Å². The van der Waals surface area contributed by atoms with Gasteiger partial charge in [-0.2, -0.15) is 0 Å². The molecule has 0 rings (SSSR count). The summed E-state index contributed by atoms with van der Waals surface area (Å²) in [7, 11) is 4.52. The fraction of sp³-hybridized carbons (Fsp3) is 1.00. The van der Waals surface area contributed by atoms with E-state index >= 15 is 0 Å². The van der Waals surface area contributed by atoms with E-state index in [1.165, 1.54) is 116 Å². The van der Waals surface area contributed by atoms with Gasteiger partial charge >= 0.3 is 0 Å². The Morgan fingerprint density at radius 1 is 0.519 bits per heavy atom. The van der Waals surface area contributed by atoms with Crippen molar-refractivity contribution in [3.63, 3.8) is 0 Å². The van der Waals surface area contributed by atoms with E-state index in [1.54, 1.807) is 0 Å². The minimum atomic E-state index is 0. The average Bonchev–Trinajstić information content (AvgIpc) is 2.60. The monoisotopic (exact) mass is 405 g/mol. The molecule has 2 nitrogen and oxygen atoms in total. The number of quaternary nitrogens is 1. The number of ether oxygens (including phenoxy) is 1. The topological polar surface area (TPSA) is 9.23 Å². The Balaban J connectivity index is 0. The highest BCUT2D eigenvalue weighted by Gasteiger charge is 2.12. The van der Waals surface area contributed by atoms with E-state index in [0.717, 1.165) is 17.8 Å². The van der Waals surface area contributed by atoms with Crippen LogP contribution in [-0.2, 0) is 4.74 Å². The lowest BCUT2D eigenvalue weighted by molar-refractivity contribution is -0.909. The summed E-state index contributed by atoms with van der Waals surface area (Å²) in [6.07, 6.45) is 24.1. The van der Waals surface area contributed by atoms with E-state index in [4.69, 9.17) is 4.74 Å². The molecule has 3 heteroatoms. The third-order valence-corrected chi connectivity index (χ3v) is 5.41. The molecule has 0 saturated carbocycles. The molecule has 0 saturated heterocycles. The molecule has 27 heavy (non-hydrogen) atoms. The van der Waals surface area contributed by atoms with Gasteiger partial charge in [-0.1, -0.05) is 110 Å². The third-order valence-electron chi connectivity index (χ3n) is 5.41. The van der Waals surface area contributed by atoms with Crippen LogP contribution >= 0.6 is 0 Å². The van der Waals surface area contributed by atoms with Crippen LogP contribution in [0.3, 0.4) is 0 Å². The molecule has 0 aliphatic heterocycles. The Morgan fingerprint density at radius 3 is 1.26 bits per heavy atom. The molecule has 0 aromatic heterocycles. The van der Waals surface area contributed by atoms with Gasteiger partial charge in [0.1, 0.15) is 0 Å². The summed E-state index contributed by atoms with van der Waals surface area (Å²) >= 11 is 0. The van der Waals surface area contributed by atoms with Gasteiger partial charge in [0, 0.05) is 0 Å². The number of nitrogens with zero attached hydrogens (tertiary/aromatic N) is 1. The predicted molar refractivity (Wildman–Crippen MR) is 118 cm³/mol. The summed E-state index contributed by atoms with van der Waals surface area (Å²) in [6.45, 7) is 7.56. The highest BCUT2D eigenvalue weighted by molar-refractivity contribution is 4.49. The van der Waals surface area contributed by atoms with Gasteiger partial charge in [-0.25, -0.2) is 0 Å². The Kier molecular flexibility index (Phi) is 24.5. The van der Waals surface area contributed by atoms with Crippen LogP contribution in [0, 0.1) is 0 Å². The molecule has 0 heterocycles. The standard InChI is InChI=1S/C24H52NO.ClH/c1-5-7-8-9-10-11-12-13-14-15-16-17-18-19-20-21-23-26-24-25(3,4)22-6-2;/h5-24H2,1-4H3;1H/q+1;/p-1. The van der Waals surface area contributed by atoms with Crippen LogP contribution in [0.25, 0.3) is 0 Å². The molecule has 166 valence electrons. The summed E-state index contributed by atoms with van der Waals surface area (Å²) in [5, 5.41) is 0. The molecule has 0 aliphatic rings. The van der Waals surface area contributed by atoms with Crippen molar-refractivity contribution in [3.05, 3.63) is 0 Å². The molecular weight excluding hydrogens is 354 g/mol. The van der Waals surface area contributed by atoms with Gasteiger partial charge in [0.15, 0.2) is 6.73 Å². The zero-order valence-electron chi connectivity index (χ0n) is 19.4. The van der Waals surface area contributed by atoms with Gasteiger partial charge in [-0.15, -0.1) is 0 Å². The molecule has 0 bridgehead atoms. The van der Waals surface area contributed by atoms with Crippen LogP contribution in [0.1, 0.15) is 123 Å². The maximum Gasteiger partial charge on any atom is 0.182 e. The molecule has 0 unspecified atom stereocenters. The van der Waals surface area contributed by atoms with Crippen LogP contribution in [0.2, 0.25) is 0 Å². The molecule has 0 aromatic carbocycles. The normalized spacial score (nSPS) is 11.6. The molecule has 0 spiro atoms. The number of unbranched alkanes of at least 4 members (excludes halogenated alkanes) is 15. The lowest BCUT2D eigenvalue weighted by Crippen LogP contribution is -3.00. The number of rotatable bonds is 21. The first-order valence-corrected chi connectivity index (χ1v) is 12.0. The fourth-order valence-corrected chi connectivity index (χ4v) is 3.73. The SMILES string of the molecule is CCCCCCCCCCCCCCCCCCOC[N+](C)(C)CCC.[Cl-]. The van der Waals surface area contributed by atoms with Gasteiger partial charge < -0.3 is 21.6 Å². The van der Waals surface area contributed by atoms with Crippen LogP contribution in [-0.4, -0.2) is 38.5 Å². The van der Waals surface area contributed by atoms with E-state index in [0.29, 0.717) is 0 Å². The van der Waals surface area contributed by atoms with Crippen molar-refractivity contribution in [3.8, 4) is 0 Å². The van der Waals surface area contributed by atoms with Crippen LogP contribution in [0.15, 0.2) is 0 Å². The quantitative estimate of drug-likeness (QED) is 0.152. The van der Waals surface area contributed by atoms with E-state index in [9.17, 15) is 0 Å². The fourth-order valence-electron chi connectivity index (χ4n) is 3.73. The molecule has 0 fully saturated rings. The van der Waals surface area contributed by atoms with Crippen molar-refractivity contribution < 1.29 is 21.6 Å². The molecule has 0 aromatic rings. The largest absolute Gasteiger partial charge is 1.00 e. The van der Waals surface area contributed by atoms with Crippen molar-refractivity contribution in [1.82, 2.24) is 0 Å². The summed E-state index contributed by atoms with van der Waals surface area (Å²) in [6, 6.07) is 0. The Labute approximate surface area is 178 Å². The zero-order chi connectivity index (χ0) is 19.3. The molecule has 0 N–H and O–H groups in total. The summed E-state index contributed by atoms with van der Waals surface area (Å²) in [5.41, 5.74) is 0. The van der Waals surface area contributed by atoms with E-state index in [-0.39, 0.29) is 12.4 Å². The van der Waals surface area contributed by atoms with E-state index in [1.807, 2.05) is 0 Å². The van der Waals surface area contributed by atoms with Crippen molar-refractivity contribution in [2.75, 3.05) is 34.0 Å². The smallest absolute Gasteiger partial charge is 0.182 e. The maximum atomic E-state index is 5.84. The predicted octanol–water partition coefficient (Wildman–Crippen LogP) is 4.71. The van der Waals surface area contributed by atoms with Crippen molar-refractivity contribution in [2.45, 2.75) is 123 Å². The van der Waals surface area contributed by atoms with Crippen LogP contribution in [0.4, 0.5) is 0 Å². The third kappa shape index (κ3) is 24.2. The number of halogens is 1. The van der Waals surface area contributed by atoms with Crippen molar-refractivity contribution in [2.24, 2.45) is 0 Å². The summed E-state index contributed by atoms with van der Waals surface area (Å²) in [4.78, 5) is 0. The Hall–Kier alpha value is 0.210. The molecular formula is C24H52ClNO. The van der Waals surface area contributed by atoms with Gasteiger partial charge in [-0.05, 0) is 12.8 Å². The lowest BCUT2D eigenvalue weighted by Gasteiger charge is -2.28. The van der Waals surface area contributed by atoms with Gasteiger partial charge in [0.05, 0.1) is 27.2 Å². The minimum absolute atomic E-state index is 0. The minimum Gasteiger partial charge on any atom is -1.00 e. The van der Waals surface area contributed by atoms with Crippen LogP contribution in [0.5, 0.6) is 0 Å². The Bertz CT molecular complexity index is 271. The second-order valence-corrected chi connectivity index (χ2v) is 9.00. The highest BCUT2D eigenvalue weighted by atomic mass is 35.5. The molecule has 0 radical (unpaired) electrons. The van der Waals surface area contributed by atoms with Gasteiger partial charge in [0.25, 0.3) is 0 Å². The van der Waals surface area contributed by atoms with Gasteiger partial charge in [-0.3, -0.25) is 0 Å². The lowest BCUT2D eigenvalue weighted by atomic mass is 10.0. The second-order valence-electron chi connectivity index (χ2n) is 9.00. The molecule has 0 aliphatic carbocycles. The summed E-state index contributed by atoms with van der Waals surface area (Å²) < 4.78 is 6.84. The number of hydrogen-bond acceptors (Lipinski definition) is 1. The van der Waals surface area contributed by atoms with Crippen LogP contribution < -0.4 is 12.4 Å².